The highest BCUT2D eigenvalue weighted by atomic mass is 79.9. The summed E-state index contributed by atoms with van der Waals surface area (Å²) in [6, 6.07) is 19.1. The quantitative estimate of drug-likeness (QED) is 0.837. The summed E-state index contributed by atoms with van der Waals surface area (Å²) in [7, 11) is 3.29. The summed E-state index contributed by atoms with van der Waals surface area (Å²) in [6.07, 6.45) is 0.553. The number of rotatable bonds is 2. The molecule has 2 aromatic rings. The Hall–Kier alpha value is -2.34. The van der Waals surface area contributed by atoms with Crippen LogP contribution in [0.2, 0.25) is 0 Å². The van der Waals surface area contributed by atoms with E-state index in [4.69, 9.17) is 0 Å². The predicted molar refractivity (Wildman–Crippen MR) is 102 cm³/mol. The fourth-order valence-corrected chi connectivity index (χ4v) is 2.89. The van der Waals surface area contributed by atoms with Crippen LogP contribution < -0.4 is 5.32 Å². The number of benzene rings is 2. The van der Waals surface area contributed by atoms with Crippen molar-refractivity contribution in [3.63, 3.8) is 0 Å². The molecule has 0 aromatic heterocycles. The van der Waals surface area contributed by atoms with Crippen LogP contribution in [0.5, 0.6) is 0 Å². The van der Waals surface area contributed by atoms with Crippen molar-refractivity contribution in [2.24, 2.45) is 0 Å². The van der Waals surface area contributed by atoms with Gasteiger partial charge in [0.2, 0.25) is 5.91 Å². The van der Waals surface area contributed by atoms with Gasteiger partial charge in [0.1, 0.15) is 6.04 Å². The minimum atomic E-state index is -0.405. The van der Waals surface area contributed by atoms with Gasteiger partial charge in [-0.3, -0.25) is 9.69 Å². The third-order valence-electron chi connectivity index (χ3n) is 3.88. The molecule has 1 aliphatic heterocycles. The summed E-state index contributed by atoms with van der Waals surface area (Å²) in [4.78, 5) is 26.9. The van der Waals surface area contributed by atoms with Crippen LogP contribution in [0.1, 0.15) is 5.56 Å². The van der Waals surface area contributed by atoms with Crippen molar-refractivity contribution in [3.05, 3.63) is 70.7 Å². The summed E-state index contributed by atoms with van der Waals surface area (Å²) in [5.41, 5.74) is 1.06. The Morgan fingerprint density at radius 2 is 1.68 bits per heavy atom. The molecule has 1 aliphatic rings. The van der Waals surface area contributed by atoms with E-state index in [2.05, 4.69) is 21.2 Å². The second-order valence-electron chi connectivity index (χ2n) is 5.70. The lowest BCUT2D eigenvalue weighted by atomic mass is 10.1. The zero-order chi connectivity index (χ0) is 18.2. The number of carbonyl (C=O) groups excluding carboxylic acids is 2. The summed E-state index contributed by atoms with van der Waals surface area (Å²) in [5.74, 6) is -0.0116. The number of halogens is 1. The number of nitrogens with one attached hydrogen (secondary N) is 1. The number of carbonyl (C=O) groups is 2. The number of likely N-dealkylation sites (N-methyl/N-ethyl adjacent to an activating group) is 1. The van der Waals surface area contributed by atoms with E-state index in [9.17, 15) is 9.59 Å². The molecular formula is C19H22BrN3O2. The molecule has 0 spiro atoms. The number of hydrogen-bond donors (Lipinski definition) is 1. The standard InChI is InChI=1S/C13H17N3O2.C6H5Br/c1-14-13(18)16-9-15(2)12(17)11(16)8-10-6-4-3-5-7-10;7-6-4-2-1-3-5-6/h3-7,11H,8-9H2,1-2H3,(H,14,18);1-5H/t11-;/m0./s1. The Kier molecular flexibility index (Phi) is 7.01. The molecule has 0 saturated carbocycles. The second kappa shape index (κ2) is 9.22. The van der Waals surface area contributed by atoms with Crippen LogP contribution in [-0.2, 0) is 11.2 Å². The largest absolute Gasteiger partial charge is 0.341 e. The van der Waals surface area contributed by atoms with Crippen molar-refractivity contribution in [2.45, 2.75) is 12.5 Å². The maximum atomic E-state index is 12.0. The SMILES string of the molecule is Brc1ccccc1.CNC(=O)N1CN(C)C(=O)[C@@H]1Cc1ccccc1. The molecule has 1 saturated heterocycles. The van der Waals surface area contributed by atoms with Crippen LogP contribution in [-0.4, -0.2) is 48.5 Å². The number of hydrogen-bond acceptors (Lipinski definition) is 2. The fraction of sp³-hybridized carbons (Fsp3) is 0.263. The van der Waals surface area contributed by atoms with E-state index in [0.717, 1.165) is 10.0 Å². The fourth-order valence-electron chi connectivity index (χ4n) is 2.58. The third-order valence-corrected chi connectivity index (χ3v) is 4.41. The van der Waals surface area contributed by atoms with E-state index >= 15 is 0 Å². The van der Waals surface area contributed by atoms with Crippen LogP contribution in [0.3, 0.4) is 0 Å². The van der Waals surface area contributed by atoms with Gasteiger partial charge in [-0.2, -0.15) is 0 Å². The number of amides is 3. The maximum absolute atomic E-state index is 12.0. The molecule has 0 unspecified atom stereocenters. The first kappa shape index (κ1) is 19.0. The highest BCUT2D eigenvalue weighted by molar-refractivity contribution is 9.10. The molecule has 5 nitrogen and oxygen atoms in total. The Labute approximate surface area is 156 Å². The molecule has 0 aliphatic carbocycles. The average Bonchev–Trinajstić information content (AvgIpc) is 2.91. The predicted octanol–water partition coefficient (Wildman–Crippen LogP) is 3.12. The number of urea groups is 1. The molecule has 0 radical (unpaired) electrons. The number of nitrogens with zero attached hydrogens (tertiary/aromatic N) is 2. The van der Waals surface area contributed by atoms with E-state index in [0.29, 0.717) is 13.1 Å². The Morgan fingerprint density at radius 1 is 1.12 bits per heavy atom. The van der Waals surface area contributed by atoms with Crippen molar-refractivity contribution in [2.75, 3.05) is 20.8 Å². The van der Waals surface area contributed by atoms with Gasteiger partial charge >= 0.3 is 6.03 Å². The first-order valence-electron chi connectivity index (χ1n) is 8.00. The molecule has 3 rings (SSSR count). The van der Waals surface area contributed by atoms with Crippen molar-refractivity contribution < 1.29 is 9.59 Å². The van der Waals surface area contributed by atoms with E-state index in [-0.39, 0.29) is 11.9 Å². The van der Waals surface area contributed by atoms with E-state index in [1.165, 1.54) is 0 Å². The molecular weight excluding hydrogens is 382 g/mol. The van der Waals surface area contributed by atoms with Gasteiger partial charge < -0.3 is 10.2 Å². The van der Waals surface area contributed by atoms with E-state index in [1.54, 1.807) is 23.9 Å². The summed E-state index contributed by atoms with van der Waals surface area (Å²) < 4.78 is 1.13. The molecule has 25 heavy (non-hydrogen) atoms. The molecule has 2 aromatic carbocycles. The van der Waals surface area contributed by atoms with Crippen LogP contribution in [0.15, 0.2) is 65.1 Å². The first-order valence-corrected chi connectivity index (χ1v) is 8.80. The van der Waals surface area contributed by atoms with Gasteiger partial charge in [0.05, 0.1) is 6.67 Å². The van der Waals surface area contributed by atoms with Crippen molar-refractivity contribution in [3.8, 4) is 0 Å². The lowest BCUT2D eigenvalue weighted by molar-refractivity contribution is -0.128. The minimum Gasteiger partial charge on any atom is -0.341 e. The van der Waals surface area contributed by atoms with Gasteiger partial charge in [-0.25, -0.2) is 4.79 Å². The van der Waals surface area contributed by atoms with Crippen molar-refractivity contribution in [1.82, 2.24) is 15.1 Å². The molecule has 1 atom stereocenters. The molecule has 132 valence electrons. The summed E-state index contributed by atoms with van der Waals surface area (Å²) in [5, 5.41) is 2.57. The highest BCUT2D eigenvalue weighted by Crippen LogP contribution is 2.18. The van der Waals surface area contributed by atoms with Gasteiger partial charge in [-0.15, -0.1) is 0 Å². The Bertz CT molecular complexity index is 694. The smallest absolute Gasteiger partial charge is 0.319 e. The van der Waals surface area contributed by atoms with Crippen LogP contribution >= 0.6 is 15.9 Å². The van der Waals surface area contributed by atoms with Gasteiger partial charge in [0.25, 0.3) is 0 Å². The van der Waals surface area contributed by atoms with Crippen LogP contribution in [0, 0.1) is 0 Å². The van der Waals surface area contributed by atoms with Gasteiger partial charge in [-0.1, -0.05) is 64.5 Å². The van der Waals surface area contributed by atoms with E-state index < -0.39 is 6.04 Å². The van der Waals surface area contributed by atoms with E-state index in [1.807, 2.05) is 60.7 Å². The summed E-state index contributed by atoms with van der Waals surface area (Å²) in [6.45, 7) is 0.343. The minimum absolute atomic E-state index is 0.0116. The summed E-state index contributed by atoms with van der Waals surface area (Å²) >= 11 is 3.31. The van der Waals surface area contributed by atoms with Gasteiger partial charge in [0, 0.05) is 25.0 Å². The Morgan fingerprint density at radius 3 is 2.16 bits per heavy atom. The zero-order valence-electron chi connectivity index (χ0n) is 14.4. The molecule has 6 heteroatoms. The normalized spacial score (nSPS) is 16.3. The highest BCUT2D eigenvalue weighted by Gasteiger charge is 2.38. The van der Waals surface area contributed by atoms with Crippen molar-refractivity contribution in [1.29, 1.82) is 0 Å². The average molecular weight is 404 g/mol. The first-order chi connectivity index (χ1) is 12.0. The molecule has 0 bridgehead atoms. The molecule has 1 N–H and O–H groups in total. The van der Waals surface area contributed by atoms with Crippen LogP contribution in [0.4, 0.5) is 4.79 Å². The second-order valence-corrected chi connectivity index (χ2v) is 6.62. The molecule has 3 amide bonds. The third kappa shape index (κ3) is 5.32. The zero-order valence-corrected chi connectivity index (χ0v) is 15.9. The van der Waals surface area contributed by atoms with Crippen LogP contribution in [0.25, 0.3) is 0 Å². The molecule has 1 fully saturated rings. The Balaban J connectivity index is 0.000000269. The van der Waals surface area contributed by atoms with Gasteiger partial charge in [0.15, 0.2) is 0 Å². The van der Waals surface area contributed by atoms with Gasteiger partial charge in [-0.05, 0) is 17.7 Å². The monoisotopic (exact) mass is 403 g/mol. The lowest BCUT2D eigenvalue weighted by Crippen LogP contribution is -2.44. The molecule has 1 heterocycles. The lowest BCUT2D eigenvalue weighted by Gasteiger charge is -2.21. The topological polar surface area (TPSA) is 52.7 Å². The maximum Gasteiger partial charge on any atom is 0.319 e. The van der Waals surface area contributed by atoms with Crippen molar-refractivity contribution >= 4 is 27.9 Å².